The molecular formula is C15H26N4O2S. The number of nitrogens with zero attached hydrogens (tertiary/aromatic N) is 2. The van der Waals surface area contributed by atoms with Crippen LogP contribution in [0.5, 0.6) is 0 Å². The lowest BCUT2D eigenvalue weighted by Crippen LogP contribution is -2.49. The van der Waals surface area contributed by atoms with Crippen LogP contribution in [-0.2, 0) is 9.59 Å². The molecule has 0 aliphatic carbocycles. The van der Waals surface area contributed by atoms with Crippen LogP contribution in [-0.4, -0.2) is 46.9 Å². The highest BCUT2D eigenvalue weighted by Crippen LogP contribution is 2.21. The molecule has 6 nitrogen and oxygen atoms in total. The summed E-state index contributed by atoms with van der Waals surface area (Å²) >= 11 is 1.45. The van der Waals surface area contributed by atoms with E-state index in [0.717, 1.165) is 10.6 Å². The van der Waals surface area contributed by atoms with Gasteiger partial charge in [-0.1, -0.05) is 0 Å². The molecule has 0 aliphatic heterocycles. The Morgan fingerprint density at radius 3 is 2.36 bits per heavy atom. The van der Waals surface area contributed by atoms with Gasteiger partial charge in [0.05, 0.1) is 18.3 Å². The van der Waals surface area contributed by atoms with E-state index >= 15 is 0 Å². The second kappa shape index (κ2) is 7.19. The van der Waals surface area contributed by atoms with E-state index in [-0.39, 0.29) is 23.9 Å². The van der Waals surface area contributed by atoms with Gasteiger partial charge in [0, 0.05) is 10.4 Å². The molecule has 124 valence electrons. The van der Waals surface area contributed by atoms with Gasteiger partial charge < -0.3 is 10.6 Å². The average Bonchev–Trinajstić information content (AvgIpc) is 2.64. The van der Waals surface area contributed by atoms with E-state index in [1.54, 1.807) is 18.9 Å². The molecule has 0 fully saturated rings. The largest absolute Gasteiger partial charge is 0.350 e. The summed E-state index contributed by atoms with van der Waals surface area (Å²) in [6, 6.07) is -0.421. The molecule has 1 atom stereocenters. The second-order valence-corrected chi connectivity index (χ2v) is 7.74. The van der Waals surface area contributed by atoms with Crippen LogP contribution >= 0.6 is 11.3 Å². The third-order valence-electron chi connectivity index (χ3n) is 3.21. The van der Waals surface area contributed by atoms with Crippen LogP contribution in [0.1, 0.15) is 38.3 Å². The molecule has 22 heavy (non-hydrogen) atoms. The molecular weight excluding hydrogens is 300 g/mol. The van der Waals surface area contributed by atoms with Crippen molar-refractivity contribution in [3.63, 3.8) is 0 Å². The molecule has 1 rings (SSSR count). The van der Waals surface area contributed by atoms with Crippen molar-refractivity contribution in [1.29, 1.82) is 0 Å². The van der Waals surface area contributed by atoms with Crippen LogP contribution in [0.4, 0.5) is 5.13 Å². The summed E-state index contributed by atoms with van der Waals surface area (Å²) in [4.78, 5) is 31.2. The standard InChI is InChI=1S/C15H26N4O2S/c1-9-11(3)22-14(16-9)17-13(21)10(2)19(7)8-12(20)18-15(4,5)6/h10H,8H2,1-7H3,(H,18,20)(H,16,17,21)/t10-/m1/s1. The number of nitrogens with one attached hydrogen (secondary N) is 2. The van der Waals surface area contributed by atoms with Gasteiger partial charge in [-0.05, 0) is 48.6 Å². The molecule has 7 heteroatoms. The number of aromatic nitrogens is 1. The van der Waals surface area contributed by atoms with Crippen molar-refractivity contribution >= 4 is 28.3 Å². The fourth-order valence-corrected chi connectivity index (χ4v) is 2.58. The van der Waals surface area contributed by atoms with E-state index in [4.69, 9.17) is 0 Å². The Kier molecular flexibility index (Phi) is 6.08. The Balaban J connectivity index is 2.56. The van der Waals surface area contributed by atoms with Gasteiger partial charge in [-0.15, -0.1) is 11.3 Å². The fourth-order valence-electron chi connectivity index (χ4n) is 1.76. The molecule has 0 unspecified atom stereocenters. The Morgan fingerprint density at radius 2 is 1.91 bits per heavy atom. The smallest absolute Gasteiger partial charge is 0.243 e. The first-order valence-electron chi connectivity index (χ1n) is 7.25. The predicted molar refractivity (Wildman–Crippen MR) is 90.2 cm³/mol. The molecule has 0 spiro atoms. The second-order valence-electron chi connectivity index (χ2n) is 6.54. The highest BCUT2D eigenvalue weighted by molar-refractivity contribution is 7.15. The summed E-state index contributed by atoms with van der Waals surface area (Å²) in [5.41, 5.74) is 0.644. The number of carbonyl (C=O) groups excluding carboxylic acids is 2. The van der Waals surface area contributed by atoms with E-state index in [1.165, 1.54) is 11.3 Å². The molecule has 1 aromatic heterocycles. The number of likely N-dealkylation sites (N-methyl/N-ethyl adjacent to an activating group) is 1. The minimum Gasteiger partial charge on any atom is -0.350 e. The number of hydrogen-bond acceptors (Lipinski definition) is 5. The van der Waals surface area contributed by atoms with Crippen molar-refractivity contribution in [2.75, 3.05) is 18.9 Å². The summed E-state index contributed by atoms with van der Waals surface area (Å²) in [7, 11) is 1.75. The monoisotopic (exact) mass is 326 g/mol. The summed E-state index contributed by atoms with van der Waals surface area (Å²) < 4.78 is 0. The van der Waals surface area contributed by atoms with Gasteiger partial charge in [-0.25, -0.2) is 4.98 Å². The van der Waals surface area contributed by atoms with Gasteiger partial charge in [0.25, 0.3) is 0 Å². The molecule has 0 aromatic carbocycles. The number of thiazole rings is 1. The Labute approximate surface area is 136 Å². The van der Waals surface area contributed by atoms with Crippen molar-refractivity contribution in [1.82, 2.24) is 15.2 Å². The van der Waals surface area contributed by atoms with Crippen LogP contribution in [0.2, 0.25) is 0 Å². The van der Waals surface area contributed by atoms with Crippen LogP contribution in [0.25, 0.3) is 0 Å². The Hall–Kier alpha value is -1.47. The van der Waals surface area contributed by atoms with Crippen molar-refractivity contribution < 1.29 is 9.59 Å². The quantitative estimate of drug-likeness (QED) is 0.867. The number of amides is 2. The lowest BCUT2D eigenvalue weighted by atomic mass is 10.1. The van der Waals surface area contributed by atoms with Crippen LogP contribution < -0.4 is 10.6 Å². The maximum Gasteiger partial charge on any atom is 0.243 e. The lowest BCUT2D eigenvalue weighted by molar-refractivity contribution is -0.125. The van der Waals surface area contributed by atoms with Crippen molar-refractivity contribution in [3.05, 3.63) is 10.6 Å². The first kappa shape index (κ1) is 18.6. The van der Waals surface area contributed by atoms with Gasteiger partial charge in [0.15, 0.2) is 5.13 Å². The Morgan fingerprint density at radius 1 is 1.32 bits per heavy atom. The molecule has 0 aliphatic rings. The zero-order chi connectivity index (χ0) is 17.1. The summed E-state index contributed by atoms with van der Waals surface area (Å²) in [5, 5.41) is 6.28. The molecule has 0 saturated carbocycles. The maximum absolute atomic E-state index is 12.2. The molecule has 0 radical (unpaired) electrons. The summed E-state index contributed by atoms with van der Waals surface area (Å²) in [5.74, 6) is -0.268. The van der Waals surface area contributed by atoms with Gasteiger partial charge in [0.1, 0.15) is 0 Å². The molecule has 0 saturated heterocycles. The van der Waals surface area contributed by atoms with Crippen molar-refractivity contribution in [2.24, 2.45) is 0 Å². The molecule has 2 N–H and O–H groups in total. The van der Waals surface area contributed by atoms with E-state index in [1.807, 2.05) is 34.6 Å². The number of hydrogen-bond donors (Lipinski definition) is 2. The normalized spacial score (nSPS) is 13.1. The van der Waals surface area contributed by atoms with E-state index in [9.17, 15) is 9.59 Å². The minimum atomic E-state index is -0.421. The zero-order valence-electron chi connectivity index (χ0n) is 14.4. The fraction of sp³-hybridized carbons (Fsp3) is 0.667. The van der Waals surface area contributed by atoms with E-state index in [0.29, 0.717) is 5.13 Å². The highest BCUT2D eigenvalue weighted by atomic mass is 32.1. The number of carbonyl (C=O) groups is 2. The Bertz CT molecular complexity index is 529. The first-order chi connectivity index (χ1) is 9.99. The SMILES string of the molecule is Cc1nc(NC(=O)[C@@H](C)N(C)CC(=O)NC(C)(C)C)sc1C. The third-order valence-corrected chi connectivity index (χ3v) is 4.19. The van der Waals surface area contributed by atoms with E-state index < -0.39 is 6.04 Å². The number of anilines is 1. The molecule has 1 heterocycles. The molecule has 2 amide bonds. The summed E-state index contributed by atoms with van der Waals surface area (Å²) in [6.07, 6.45) is 0. The van der Waals surface area contributed by atoms with Crippen molar-refractivity contribution in [3.8, 4) is 0 Å². The topological polar surface area (TPSA) is 74.3 Å². The maximum atomic E-state index is 12.2. The lowest BCUT2D eigenvalue weighted by Gasteiger charge is -2.26. The molecule has 1 aromatic rings. The van der Waals surface area contributed by atoms with Crippen LogP contribution in [0, 0.1) is 13.8 Å². The van der Waals surface area contributed by atoms with Crippen LogP contribution in [0.15, 0.2) is 0 Å². The zero-order valence-corrected chi connectivity index (χ0v) is 15.2. The predicted octanol–water partition coefficient (Wildman–Crippen LogP) is 1.93. The average molecular weight is 326 g/mol. The summed E-state index contributed by atoms with van der Waals surface area (Å²) in [6.45, 7) is 11.6. The van der Waals surface area contributed by atoms with Crippen molar-refractivity contribution in [2.45, 2.75) is 53.1 Å². The van der Waals surface area contributed by atoms with Gasteiger partial charge in [-0.2, -0.15) is 0 Å². The molecule has 0 bridgehead atoms. The van der Waals surface area contributed by atoms with Crippen LogP contribution in [0.3, 0.4) is 0 Å². The third kappa shape index (κ3) is 5.73. The van der Waals surface area contributed by atoms with Gasteiger partial charge in [0.2, 0.25) is 11.8 Å². The van der Waals surface area contributed by atoms with E-state index in [2.05, 4.69) is 15.6 Å². The van der Waals surface area contributed by atoms with Gasteiger partial charge in [-0.3, -0.25) is 14.5 Å². The number of aryl methyl sites for hydroxylation is 2. The van der Waals surface area contributed by atoms with Gasteiger partial charge >= 0.3 is 0 Å². The minimum absolute atomic E-state index is 0.101. The number of rotatable bonds is 5. The first-order valence-corrected chi connectivity index (χ1v) is 8.07. The highest BCUT2D eigenvalue weighted by Gasteiger charge is 2.22.